The van der Waals surface area contributed by atoms with E-state index in [2.05, 4.69) is 48.0 Å². The second-order valence-electron chi connectivity index (χ2n) is 4.70. The van der Waals surface area contributed by atoms with Gasteiger partial charge in [0.1, 0.15) is 0 Å². The van der Waals surface area contributed by atoms with Gasteiger partial charge in [-0.3, -0.25) is 4.90 Å². The van der Waals surface area contributed by atoms with E-state index in [-0.39, 0.29) is 0 Å². The first-order valence-corrected chi connectivity index (χ1v) is 6.27. The molecule has 1 aliphatic heterocycles. The van der Waals surface area contributed by atoms with Crippen LogP contribution in [0.1, 0.15) is 18.1 Å². The summed E-state index contributed by atoms with van der Waals surface area (Å²) in [5, 5.41) is 0. The van der Waals surface area contributed by atoms with E-state index in [0.29, 0.717) is 0 Å². The smallest absolute Gasteiger partial charge is 0.0237 e. The summed E-state index contributed by atoms with van der Waals surface area (Å²) >= 11 is 0. The largest absolute Gasteiger partial charge is 0.304 e. The van der Waals surface area contributed by atoms with Gasteiger partial charge in [0.25, 0.3) is 0 Å². The lowest BCUT2D eigenvalue weighted by Gasteiger charge is -2.32. The zero-order chi connectivity index (χ0) is 11.4. The Kier molecular flexibility index (Phi) is 3.97. The van der Waals surface area contributed by atoms with Gasteiger partial charge in [0, 0.05) is 32.7 Å². The van der Waals surface area contributed by atoms with Gasteiger partial charge in [-0.25, -0.2) is 0 Å². The van der Waals surface area contributed by atoms with E-state index in [1.165, 1.54) is 37.3 Å². The third-order valence-corrected chi connectivity index (χ3v) is 3.49. The summed E-state index contributed by atoms with van der Waals surface area (Å²) in [4.78, 5) is 4.97. The summed E-state index contributed by atoms with van der Waals surface area (Å²) in [6.07, 6.45) is 1.14. The Hall–Kier alpha value is -0.860. The maximum absolute atomic E-state index is 2.56. The number of benzene rings is 1. The van der Waals surface area contributed by atoms with Crippen molar-refractivity contribution in [1.82, 2.24) is 9.80 Å². The molecule has 0 N–H and O–H groups in total. The first-order chi connectivity index (χ1) is 7.79. The molecule has 0 amide bonds. The first-order valence-electron chi connectivity index (χ1n) is 6.27. The van der Waals surface area contributed by atoms with Gasteiger partial charge in [0.2, 0.25) is 0 Å². The monoisotopic (exact) mass is 218 g/mol. The van der Waals surface area contributed by atoms with E-state index >= 15 is 0 Å². The number of aryl methyl sites for hydroxylation is 1. The Balaban J connectivity index is 1.98. The SMILES string of the molecule is CCc1ccccc1CN1CCN(C)CC1. The third kappa shape index (κ3) is 2.83. The lowest BCUT2D eigenvalue weighted by Crippen LogP contribution is -2.44. The minimum atomic E-state index is 1.12. The fourth-order valence-electron chi connectivity index (χ4n) is 2.30. The highest BCUT2D eigenvalue weighted by molar-refractivity contribution is 5.26. The lowest BCUT2D eigenvalue weighted by molar-refractivity contribution is 0.148. The standard InChI is InChI=1S/C14H22N2/c1-3-13-6-4-5-7-14(13)12-16-10-8-15(2)9-11-16/h4-7H,3,8-12H2,1-2H3. The Labute approximate surface area is 98.9 Å². The molecule has 0 spiro atoms. The molecular formula is C14H22N2. The van der Waals surface area contributed by atoms with Crippen molar-refractivity contribution in [1.29, 1.82) is 0 Å². The predicted molar refractivity (Wildman–Crippen MR) is 68.6 cm³/mol. The van der Waals surface area contributed by atoms with Gasteiger partial charge in [0.05, 0.1) is 0 Å². The molecule has 1 aromatic carbocycles. The molecule has 16 heavy (non-hydrogen) atoms. The van der Waals surface area contributed by atoms with Gasteiger partial charge in [-0.1, -0.05) is 31.2 Å². The van der Waals surface area contributed by atoms with Crippen LogP contribution in [-0.4, -0.2) is 43.0 Å². The highest BCUT2D eigenvalue weighted by Gasteiger charge is 2.14. The van der Waals surface area contributed by atoms with Crippen molar-refractivity contribution in [3.8, 4) is 0 Å². The van der Waals surface area contributed by atoms with Crippen LogP contribution in [0.15, 0.2) is 24.3 Å². The molecule has 0 atom stereocenters. The zero-order valence-electron chi connectivity index (χ0n) is 10.4. The minimum Gasteiger partial charge on any atom is -0.304 e. The van der Waals surface area contributed by atoms with Crippen LogP contribution >= 0.6 is 0 Å². The molecule has 1 aliphatic rings. The quantitative estimate of drug-likeness (QED) is 0.765. The van der Waals surface area contributed by atoms with Gasteiger partial charge in [-0.2, -0.15) is 0 Å². The molecule has 88 valence electrons. The van der Waals surface area contributed by atoms with Crippen LogP contribution in [0.25, 0.3) is 0 Å². The van der Waals surface area contributed by atoms with Crippen LogP contribution in [-0.2, 0) is 13.0 Å². The highest BCUT2D eigenvalue weighted by atomic mass is 15.2. The number of nitrogens with zero attached hydrogens (tertiary/aromatic N) is 2. The van der Waals surface area contributed by atoms with Crippen molar-refractivity contribution in [3.63, 3.8) is 0 Å². The molecule has 0 aromatic heterocycles. The van der Waals surface area contributed by atoms with E-state index in [1.807, 2.05) is 0 Å². The van der Waals surface area contributed by atoms with Crippen molar-refractivity contribution in [2.75, 3.05) is 33.2 Å². The van der Waals surface area contributed by atoms with E-state index in [0.717, 1.165) is 13.0 Å². The fraction of sp³-hybridized carbons (Fsp3) is 0.571. The molecule has 1 saturated heterocycles. The van der Waals surface area contributed by atoms with Gasteiger partial charge in [0.15, 0.2) is 0 Å². The van der Waals surface area contributed by atoms with Crippen LogP contribution in [0.4, 0.5) is 0 Å². The molecule has 1 heterocycles. The minimum absolute atomic E-state index is 1.12. The van der Waals surface area contributed by atoms with Crippen molar-refractivity contribution < 1.29 is 0 Å². The number of piperazine rings is 1. The van der Waals surface area contributed by atoms with Gasteiger partial charge >= 0.3 is 0 Å². The normalized spacial score (nSPS) is 18.9. The topological polar surface area (TPSA) is 6.48 Å². The Morgan fingerprint density at radius 2 is 1.62 bits per heavy atom. The van der Waals surface area contributed by atoms with Crippen molar-refractivity contribution in [2.45, 2.75) is 19.9 Å². The van der Waals surface area contributed by atoms with E-state index in [9.17, 15) is 0 Å². The van der Waals surface area contributed by atoms with Crippen molar-refractivity contribution >= 4 is 0 Å². The van der Waals surface area contributed by atoms with E-state index in [1.54, 1.807) is 0 Å². The molecule has 2 nitrogen and oxygen atoms in total. The molecule has 2 heteroatoms. The summed E-state index contributed by atoms with van der Waals surface area (Å²) in [6.45, 7) is 8.17. The summed E-state index contributed by atoms with van der Waals surface area (Å²) in [5.74, 6) is 0. The van der Waals surface area contributed by atoms with Crippen LogP contribution in [0.2, 0.25) is 0 Å². The summed E-state index contributed by atoms with van der Waals surface area (Å²) in [5.41, 5.74) is 3.01. The molecule has 0 radical (unpaired) electrons. The maximum Gasteiger partial charge on any atom is 0.0237 e. The Morgan fingerprint density at radius 1 is 1.00 bits per heavy atom. The van der Waals surface area contributed by atoms with Gasteiger partial charge in [-0.15, -0.1) is 0 Å². The highest BCUT2D eigenvalue weighted by Crippen LogP contribution is 2.13. The predicted octanol–water partition coefficient (Wildman–Crippen LogP) is 2.00. The van der Waals surface area contributed by atoms with Gasteiger partial charge < -0.3 is 4.90 Å². The second kappa shape index (κ2) is 5.46. The van der Waals surface area contributed by atoms with Crippen molar-refractivity contribution in [3.05, 3.63) is 35.4 Å². The molecule has 0 bridgehead atoms. The summed E-state index contributed by atoms with van der Waals surface area (Å²) in [7, 11) is 2.21. The molecule has 1 fully saturated rings. The summed E-state index contributed by atoms with van der Waals surface area (Å²) in [6, 6.07) is 8.83. The van der Waals surface area contributed by atoms with Crippen LogP contribution < -0.4 is 0 Å². The fourth-order valence-corrected chi connectivity index (χ4v) is 2.30. The molecule has 0 aliphatic carbocycles. The molecular weight excluding hydrogens is 196 g/mol. The average Bonchev–Trinajstić information content (AvgIpc) is 2.33. The Morgan fingerprint density at radius 3 is 2.25 bits per heavy atom. The number of likely N-dealkylation sites (N-methyl/N-ethyl adjacent to an activating group) is 1. The van der Waals surface area contributed by atoms with Crippen molar-refractivity contribution in [2.24, 2.45) is 0 Å². The molecule has 0 saturated carbocycles. The third-order valence-electron chi connectivity index (χ3n) is 3.49. The summed E-state index contributed by atoms with van der Waals surface area (Å²) < 4.78 is 0. The van der Waals surface area contributed by atoms with E-state index in [4.69, 9.17) is 0 Å². The average molecular weight is 218 g/mol. The Bertz CT molecular complexity index is 327. The maximum atomic E-state index is 2.56. The lowest BCUT2D eigenvalue weighted by atomic mass is 10.0. The number of hydrogen-bond acceptors (Lipinski definition) is 2. The van der Waals surface area contributed by atoms with Crippen LogP contribution in [0.3, 0.4) is 0 Å². The molecule has 1 aromatic rings. The van der Waals surface area contributed by atoms with E-state index < -0.39 is 0 Å². The molecule has 0 unspecified atom stereocenters. The van der Waals surface area contributed by atoms with Crippen LogP contribution in [0.5, 0.6) is 0 Å². The first kappa shape index (κ1) is 11.6. The van der Waals surface area contributed by atoms with Crippen LogP contribution in [0, 0.1) is 0 Å². The zero-order valence-corrected chi connectivity index (χ0v) is 10.4. The number of hydrogen-bond donors (Lipinski definition) is 0. The second-order valence-corrected chi connectivity index (χ2v) is 4.70. The van der Waals surface area contributed by atoms with Gasteiger partial charge in [-0.05, 0) is 24.6 Å². The number of rotatable bonds is 3. The molecule has 2 rings (SSSR count).